The van der Waals surface area contributed by atoms with Crippen molar-refractivity contribution in [2.75, 3.05) is 0 Å². The van der Waals surface area contributed by atoms with Gasteiger partial charge in [-0.15, -0.1) is 11.3 Å². The molecule has 22 heavy (non-hydrogen) atoms. The van der Waals surface area contributed by atoms with Gasteiger partial charge in [0.1, 0.15) is 15.9 Å². The van der Waals surface area contributed by atoms with E-state index in [0.717, 1.165) is 10.6 Å². The fourth-order valence-corrected chi connectivity index (χ4v) is 2.84. The van der Waals surface area contributed by atoms with Gasteiger partial charge in [0.2, 0.25) is 0 Å². The van der Waals surface area contributed by atoms with Crippen LogP contribution in [-0.2, 0) is 4.79 Å². The molecular weight excluding hydrogens is 300 g/mol. The first kappa shape index (κ1) is 16.2. The first-order valence-corrected chi connectivity index (χ1v) is 7.84. The van der Waals surface area contributed by atoms with E-state index in [2.05, 4.69) is 10.3 Å². The number of aromatic nitrogens is 1. The van der Waals surface area contributed by atoms with Crippen LogP contribution in [0, 0.1) is 5.92 Å². The van der Waals surface area contributed by atoms with Gasteiger partial charge >= 0.3 is 5.97 Å². The van der Waals surface area contributed by atoms with Gasteiger partial charge in [-0.25, -0.2) is 9.78 Å². The summed E-state index contributed by atoms with van der Waals surface area (Å²) in [6.45, 7) is 3.84. The Kier molecular flexibility index (Phi) is 5.27. The number of carbonyl (C=O) groups is 2. The minimum atomic E-state index is -1.02. The summed E-state index contributed by atoms with van der Waals surface area (Å²) in [5, 5.41) is 12.5. The monoisotopic (exact) mass is 318 g/mol. The van der Waals surface area contributed by atoms with Crippen LogP contribution in [0.3, 0.4) is 0 Å². The van der Waals surface area contributed by atoms with Crippen LogP contribution in [0.2, 0.25) is 0 Å². The lowest BCUT2D eigenvalue weighted by molar-refractivity contribution is -0.139. The second-order valence-electron chi connectivity index (χ2n) is 5.39. The van der Waals surface area contributed by atoms with Crippen LogP contribution in [0.25, 0.3) is 10.6 Å². The van der Waals surface area contributed by atoms with E-state index >= 15 is 0 Å². The molecule has 1 aromatic heterocycles. The zero-order valence-electron chi connectivity index (χ0n) is 12.4. The maximum atomic E-state index is 12.2. The van der Waals surface area contributed by atoms with Gasteiger partial charge in [0.15, 0.2) is 0 Å². The van der Waals surface area contributed by atoms with Crippen LogP contribution in [0.15, 0.2) is 36.5 Å². The second kappa shape index (κ2) is 7.17. The molecule has 0 aliphatic heterocycles. The first-order valence-electron chi connectivity index (χ1n) is 7.02. The van der Waals surface area contributed by atoms with Gasteiger partial charge < -0.3 is 10.4 Å². The van der Waals surface area contributed by atoms with Gasteiger partial charge in [-0.3, -0.25) is 4.79 Å². The average Bonchev–Trinajstić information content (AvgIpc) is 2.96. The van der Waals surface area contributed by atoms with Crippen molar-refractivity contribution in [1.29, 1.82) is 0 Å². The van der Waals surface area contributed by atoms with E-state index in [1.165, 1.54) is 17.5 Å². The number of aliphatic carboxylic acids is 1. The predicted octanol–water partition coefficient (Wildman–Crippen LogP) is 3.04. The number of thiazole rings is 1. The number of rotatable bonds is 6. The van der Waals surface area contributed by atoms with Gasteiger partial charge in [0, 0.05) is 5.56 Å². The molecule has 1 amide bonds. The van der Waals surface area contributed by atoms with Crippen LogP contribution in [0.1, 0.15) is 29.9 Å². The van der Waals surface area contributed by atoms with Crippen molar-refractivity contribution in [1.82, 2.24) is 10.3 Å². The third-order valence-electron chi connectivity index (χ3n) is 3.06. The summed E-state index contributed by atoms with van der Waals surface area (Å²) in [6.07, 6.45) is 1.88. The number of carboxylic acids is 1. The summed E-state index contributed by atoms with van der Waals surface area (Å²) in [7, 11) is 0. The van der Waals surface area contributed by atoms with Crippen molar-refractivity contribution in [3.63, 3.8) is 0 Å². The Hall–Kier alpha value is -2.21. The summed E-state index contributed by atoms with van der Waals surface area (Å²) >= 11 is 1.25. The lowest BCUT2D eigenvalue weighted by atomic mass is 10.0. The van der Waals surface area contributed by atoms with Crippen molar-refractivity contribution in [2.24, 2.45) is 5.92 Å². The largest absolute Gasteiger partial charge is 0.480 e. The predicted molar refractivity (Wildman–Crippen MR) is 85.9 cm³/mol. The second-order valence-corrected chi connectivity index (χ2v) is 6.42. The van der Waals surface area contributed by atoms with Crippen molar-refractivity contribution in [3.8, 4) is 10.6 Å². The van der Waals surface area contributed by atoms with Crippen LogP contribution >= 0.6 is 11.3 Å². The molecular formula is C16H18N2O3S. The molecule has 0 unspecified atom stereocenters. The number of carbonyl (C=O) groups excluding carboxylic acids is 1. The Labute approximate surface area is 133 Å². The summed E-state index contributed by atoms with van der Waals surface area (Å²) < 4.78 is 0. The molecule has 5 nitrogen and oxygen atoms in total. The maximum absolute atomic E-state index is 12.2. The van der Waals surface area contributed by atoms with Crippen molar-refractivity contribution in [3.05, 3.63) is 41.4 Å². The number of hydrogen-bond donors (Lipinski definition) is 2. The summed E-state index contributed by atoms with van der Waals surface area (Å²) in [5.41, 5.74) is 0.934. The molecule has 1 atom stereocenters. The SMILES string of the molecule is CC(C)C[C@H](NC(=O)c1cnc(-c2ccccc2)s1)C(=O)O. The molecule has 0 radical (unpaired) electrons. The average molecular weight is 318 g/mol. The molecule has 116 valence electrons. The Morgan fingerprint density at radius 3 is 2.55 bits per heavy atom. The van der Waals surface area contributed by atoms with E-state index in [4.69, 9.17) is 0 Å². The molecule has 2 N–H and O–H groups in total. The van der Waals surface area contributed by atoms with E-state index in [9.17, 15) is 14.7 Å². The standard InChI is InChI=1S/C16H18N2O3S/c1-10(2)8-12(16(20)21)18-14(19)13-9-17-15(22-13)11-6-4-3-5-7-11/h3-7,9-10,12H,8H2,1-2H3,(H,18,19)(H,20,21)/t12-/m0/s1. The highest BCUT2D eigenvalue weighted by Crippen LogP contribution is 2.24. The number of nitrogens with one attached hydrogen (secondary N) is 1. The number of nitrogens with zero attached hydrogens (tertiary/aromatic N) is 1. The molecule has 0 aliphatic carbocycles. The zero-order valence-corrected chi connectivity index (χ0v) is 13.3. The molecule has 0 aliphatic rings. The van der Waals surface area contributed by atoms with E-state index in [-0.39, 0.29) is 5.92 Å². The molecule has 0 bridgehead atoms. The Bertz CT molecular complexity index is 652. The van der Waals surface area contributed by atoms with Gasteiger partial charge in [0.05, 0.1) is 6.20 Å². The van der Waals surface area contributed by atoms with Gasteiger partial charge in [-0.05, 0) is 12.3 Å². The number of amides is 1. The highest BCUT2D eigenvalue weighted by molar-refractivity contribution is 7.16. The minimum Gasteiger partial charge on any atom is -0.480 e. The topological polar surface area (TPSA) is 79.3 Å². The molecule has 0 fully saturated rings. The van der Waals surface area contributed by atoms with Gasteiger partial charge in [0.25, 0.3) is 5.91 Å². The van der Waals surface area contributed by atoms with Crippen LogP contribution < -0.4 is 5.32 Å². The molecule has 1 heterocycles. The Morgan fingerprint density at radius 2 is 1.95 bits per heavy atom. The van der Waals surface area contributed by atoms with Crippen molar-refractivity contribution >= 4 is 23.2 Å². The lowest BCUT2D eigenvalue weighted by Gasteiger charge is -2.15. The molecule has 2 rings (SSSR count). The van der Waals surface area contributed by atoms with Gasteiger partial charge in [-0.1, -0.05) is 44.2 Å². The van der Waals surface area contributed by atoms with Crippen molar-refractivity contribution in [2.45, 2.75) is 26.3 Å². The lowest BCUT2D eigenvalue weighted by Crippen LogP contribution is -2.41. The van der Waals surface area contributed by atoms with Crippen LogP contribution in [-0.4, -0.2) is 28.0 Å². The highest BCUT2D eigenvalue weighted by atomic mass is 32.1. The quantitative estimate of drug-likeness (QED) is 0.858. The summed E-state index contributed by atoms with van der Waals surface area (Å²) in [6, 6.07) is 8.67. The number of hydrogen-bond acceptors (Lipinski definition) is 4. The fourth-order valence-electron chi connectivity index (χ4n) is 2.02. The maximum Gasteiger partial charge on any atom is 0.326 e. The molecule has 6 heteroatoms. The highest BCUT2D eigenvalue weighted by Gasteiger charge is 2.22. The molecule has 0 saturated carbocycles. The van der Waals surface area contributed by atoms with E-state index in [0.29, 0.717) is 11.3 Å². The minimum absolute atomic E-state index is 0.183. The zero-order chi connectivity index (χ0) is 16.1. The normalized spacial score (nSPS) is 12.1. The molecule has 2 aromatic rings. The number of carboxylic acid groups (broad SMARTS) is 1. The molecule has 1 aromatic carbocycles. The Balaban J connectivity index is 2.10. The first-order chi connectivity index (χ1) is 10.5. The third-order valence-corrected chi connectivity index (χ3v) is 4.11. The van der Waals surface area contributed by atoms with Crippen LogP contribution in [0.5, 0.6) is 0 Å². The fraction of sp³-hybridized carbons (Fsp3) is 0.312. The molecule has 0 saturated heterocycles. The third kappa shape index (κ3) is 4.14. The van der Waals surface area contributed by atoms with Gasteiger partial charge in [-0.2, -0.15) is 0 Å². The summed E-state index contributed by atoms with van der Waals surface area (Å²) in [4.78, 5) is 28.0. The van der Waals surface area contributed by atoms with E-state index < -0.39 is 17.9 Å². The van der Waals surface area contributed by atoms with Crippen LogP contribution in [0.4, 0.5) is 0 Å². The molecule has 0 spiro atoms. The number of benzene rings is 1. The van der Waals surface area contributed by atoms with Crippen molar-refractivity contribution < 1.29 is 14.7 Å². The Morgan fingerprint density at radius 1 is 1.27 bits per heavy atom. The summed E-state index contributed by atoms with van der Waals surface area (Å²) in [5.74, 6) is -1.23. The smallest absolute Gasteiger partial charge is 0.326 e. The van der Waals surface area contributed by atoms with E-state index in [1.807, 2.05) is 44.2 Å². The van der Waals surface area contributed by atoms with E-state index in [1.54, 1.807) is 0 Å².